The minimum atomic E-state index is 0.343. The van der Waals surface area contributed by atoms with E-state index in [0.717, 1.165) is 13.0 Å². The van der Waals surface area contributed by atoms with Crippen LogP contribution in [0, 0.1) is 5.92 Å². The summed E-state index contributed by atoms with van der Waals surface area (Å²) in [5, 5.41) is 12.9. The molecular weight excluding hydrogens is 210 g/mol. The number of hydrogen-bond donors (Lipinski definition) is 2. The van der Waals surface area contributed by atoms with Gasteiger partial charge in [-0.1, -0.05) is 32.9 Å². The Morgan fingerprint density at radius 1 is 1.18 bits per heavy atom. The Kier molecular flexibility index (Phi) is 6.06. The first-order chi connectivity index (χ1) is 8.11. The molecule has 1 unspecified atom stereocenters. The highest BCUT2D eigenvalue weighted by atomic mass is 16.3. The Morgan fingerprint density at radius 3 is 2.35 bits per heavy atom. The molecule has 0 saturated heterocycles. The van der Waals surface area contributed by atoms with E-state index in [9.17, 15) is 5.11 Å². The fraction of sp³-hybridized carbons (Fsp3) is 0.600. The number of hydrogen-bond acceptors (Lipinski definition) is 2. The number of benzene rings is 1. The van der Waals surface area contributed by atoms with Gasteiger partial charge in [0.15, 0.2) is 0 Å². The summed E-state index contributed by atoms with van der Waals surface area (Å²) in [5.74, 6) is 1.05. The maximum Gasteiger partial charge on any atom is 0.115 e. The minimum Gasteiger partial charge on any atom is -0.508 e. The van der Waals surface area contributed by atoms with Crippen molar-refractivity contribution < 1.29 is 5.11 Å². The highest BCUT2D eigenvalue weighted by Gasteiger charge is 2.10. The molecule has 0 bridgehead atoms. The maximum absolute atomic E-state index is 9.26. The van der Waals surface area contributed by atoms with E-state index in [1.807, 2.05) is 12.1 Å². The highest BCUT2D eigenvalue weighted by molar-refractivity contribution is 5.26. The molecule has 2 heteroatoms. The van der Waals surface area contributed by atoms with Gasteiger partial charge < -0.3 is 10.4 Å². The molecule has 2 N–H and O–H groups in total. The van der Waals surface area contributed by atoms with Crippen LogP contribution in [0.5, 0.6) is 5.75 Å². The molecule has 0 aliphatic heterocycles. The average Bonchev–Trinajstić information content (AvgIpc) is 2.28. The van der Waals surface area contributed by atoms with Crippen molar-refractivity contribution in [3.63, 3.8) is 0 Å². The van der Waals surface area contributed by atoms with E-state index in [1.54, 1.807) is 12.1 Å². The lowest BCUT2D eigenvalue weighted by Crippen LogP contribution is -2.33. The summed E-state index contributed by atoms with van der Waals surface area (Å²) in [6, 6.07) is 8.09. The Morgan fingerprint density at radius 2 is 1.82 bits per heavy atom. The molecule has 0 radical (unpaired) electrons. The quantitative estimate of drug-likeness (QED) is 0.759. The lowest BCUT2D eigenvalue weighted by molar-refractivity contribution is 0.416. The van der Waals surface area contributed by atoms with Crippen molar-refractivity contribution >= 4 is 0 Å². The van der Waals surface area contributed by atoms with Crippen LogP contribution < -0.4 is 5.32 Å². The molecule has 0 saturated carbocycles. The second-order valence-corrected chi connectivity index (χ2v) is 5.15. The number of phenolic OH excluding ortho intramolecular Hbond substituents is 1. The standard InChI is InChI=1S/C15H25NO/c1-4-9-16-14(10-12(2)3)11-13-5-7-15(17)8-6-13/h5-8,12,14,16-17H,4,9-11H2,1-3H3. The van der Waals surface area contributed by atoms with E-state index < -0.39 is 0 Å². The minimum absolute atomic E-state index is 0.343. The summed E-state index contributed by atoms with van der Waals surface area (Å²) in [6.45, 7) is 7.80. The van der Waals surface area contributed by atoms with Gasteiger partial charge in [-0.3, -0.25) is 0 Å². The summed E-state index contributed by atoms with van der Waals surface area (Å²) in [6.07, 6.45) is 3.41. The van der Waals surface area contributed by atoms with Crippen molar-refractivity contribution in [2.45, 2.75) is 46.1 Å². The van der Waals surface area contributed by atoms with E-state index in [2.05, 4.69) is 26.1 Å². The zero-order valence-electron chi connectivity index (χ0n) is 11.2. The van der Waals surface area contributed by atoms with Crippen LogP contribution in [0.25, 0.3) is 0 Å². The normalized spacial score (nSPS) is 12.9. The number of nitrogens with one attached hydrogen (secondary N) is 1. The van der Waals surface area contributed by atoms with Gasteiger partial charge in [-0.05, 0) is 49.4 Å². The fourth-order valence-corrected chi connectivity index (χ4v) is 2.07. The van der Waals surface area contributed by atoms with Gasteiger partial charge in [0.05, 0.1) is 0 Å². The molecule has 2 nitrogen and oxygen atoms in total. The lowest BCUT2D eigenvalue weighted by atomic mass is 9.97. The van der Waals surface area contributed by atoms with Gasteiger partial charge in [0.2, 0.25) is 0 Å². The third kappa shape index (κ3) is 5.73. The van der Waals surface area contributed by atoms with Gasteiger partial charge in [-0.15, -0.1) is 0 Å². The van der Waals surface area contributed by atoms with Crippen molar-refractivity contribution in [3.05, 3.63) is 29.8 Å². The molecule has 1 aromatic carbocycles. The van der Waals surface area contributed by atoms with Gasteiger partial charge in [-0.2, -0.15) is 0 Å². The highest BCUT2D eigenvalue weighted by Crippen LogP contribution is 2.14. The summed E-state index contributed by atoms with van der Waals surface area (Å²) in [4.78, 5) is 0. The van der Waals surface area contributed by atoms with E-state index in [-0.39, 0.29) is 0 Å². The average molecular weight is 235 g/mol. The van der Waals surface area contributed by atoms with Crippen molar-refractivity contribution in [1.29, 1.82) is 0 Å². The first-order valence-corrected chi connectivity index (χ1v) is 6.63. The molecule has 1 atom stereocenters. The molecule has 0 heterocycles. The zero-order valence-corrected chi connectivity index (χ0v) is 11.2. The Hall–Kier alpha value is -1.02. The van der Waals surface area contributed by atoms with Crippen LogP contribution in [-0.4, -0.2) is 17.7 Å². The molecule has 0 aromatic heterocycles. The summed E-state index contributed by atoms with van der Waals surface area (Å²) >= 11 is 0. The van der Waals surface area contributed by atoms with Crippen LogP contribution >= 0.6 is 0 Å². The Bertz CT molecular complexity index is 305. The monoisotopic (exact) mass is 235 g/mol. The van der Waals surface area contributed by atoms with Crippen LogP contribution in [0.2, 0.25) is 0 Å². The fourth-order valence-electron chi connectivity index (χ4n) is 2.07. The van der Waals surface area contributed by atoms with Gasteiger partial charge >= 0.3 is 0 Å². The predicted octanol–water partition coefficient (Wildman–Crippen LogP) is 3.35. The SMILES string of the molecule is CCCNC(Cc1ccc(O)cc1)CC(C)C. The van der Waals surface area contributed by atoms with Gasteiger partial charge in [-0.25, -0.2) is 0 Å². The lowest BCUT2D eigenvalue weighted by Gasteiger charge is -2.20. The molecule has 1 rings (SSSR count). The largest absolute Gasteiger partial charge is 0.508 e. The van der Waals surface area contributed by atoms with E-state index in [1.165, 1.54) is 18.4 Å². The number of rotatable bonds is 7. The van der Waals surface area contributed by atoms with Crippen LogP contribution in [0.15, 0.2) is 24.3 Å². The third-order valence-electron chi connectivity index (χ3n) is 2.86. The van der Waals surface area contributed by atoms with Crippen molar-refractivity contribution in [2.75, 3.05) is 6.54 Å². The van der Waals surface area contributed by atoms with E-state index in [0.29, 0.717) is 17.7 Å². The van der Waals surface area contributed by atoms with Crippen LogP contribution in [0.4, 0.5) is 0 Å². The molecule has 1 aromatic rings. The third-order valence-corrected chi connectivity index (χ3v) is 2.86. The van der Waals surface area contributed by atoms with Crippen LogP contribution in [-0.2, 0) is 6.42 Å². The maximum atomic E-state index is 9.26. The topological polar surface area (TPSA) is 32.3 Å². The van der Waals surface area contributed by atoms with Crippen molar-refractivity contribution in [2.24, 2.45) is 5.92 Å². The van der Waals surface area contributed by atoms with E-state index in [4.69, 9.17) is 0 Å². The molecule has 0 spiro atoms. The summed E-state index contributed by atoms with van der Waals surface area (Å²) < 4.78 is 0. The number of phenols is 1. The second-order valence-electron chi connectivity index (χ2n) is 5.15. The van der Waals surface area contributed by atoms with Gasteiger partial charge in [0.25, 0.3) is 0 Å². The molecule has 0 amide bonds. The first-order valence-electron chi connectivity index (χ1n) is 6.63. The summed E-state index contributed by atoms with van der Waals surface area (Å²) in [5.41, 5.74) is 1.29. The molecular formula is C15H25NO. The van der Waals surface area contributed by atoms with Crippen LogP contribution in [0.3, 0.4) is 0 Å². The summed E-state index contributed by atoms with van der Waals surface area (Å²) in [7, 11) is 0. The molecule has 96 valence electrons. The molecule has 0 aliphatic rings. The van der Waals surface area contributed by atoms with Gasteiger partial charge in [0.1, 0.15) is 5.75 Å². The molecule has 0 aliphatic carbocycles. The zero-order chi connectivity index (χ0) is 12.7. The smallest absolute Gasteiger partial charge is 0.115 e. The Labute approximate surface area is 105 Å². The first kappa shape index (κ1) is 14.0. The van der Waals surface area contributed by atoms with Crippen molar-refractivity contribution in [1.82, 2.24) is 5.32 Å². The van der Waals surface area contributed by atoms with Gasteiger partial charge in [0, 0.05) is 6.04 Å². The predicted molar refractivity (Wildman–Crippen MR) is 73.3 cm³/mol. The molecule has 0 fully saturated rings. The number of aromatic hydroxyl groups is 1. The Balaban J connectivity index is 2.54. The van der Waals surface area contributed by atoms with Crippen LogP contribution in [0.1, 0.15) is 39.2 Å². The molecule has 17 heavy (non-hydrogen) atoms. The van der Waals surface area contributed by atoms with E-state index >= 15 is 0 Å². The van der Waals surface area contributed by atoms with Crippen molar-refractivity contribution in [3.8, 4) is 5.75 Å². The second kappa shape index (κ2) is 7.33.